The van der Waals surface area contributed by atoms with Crippen molar-refractivity contribution in [1.29, 1.82) is 0 Å². The Hall–Kier alpha value is -3.48. The largest absolute Gasteiger partial charge is 0.338 e. The summed E-state index contributed by atoms with van der Waals surface area (Å²) in [5.41, 5.74) is 1.07. The maximum atomic E-state index is 12.4. The van der Waals surface area contributed by atoms with E-state index in [4.69, 9.17) is 4.84 Å². The van der Waals surface area contributed by atoms with Gasteiger partial charge in [0.2, 0.25) is 5.91 Å². The topological polar surface area (TPSA) is 84.0 Å². The van der Waals surface area contributed by atoms with Crippen LogP contribution in [0, 0.1) is 5.92 Å². The zero-order valence-corrected chi connectivity index (χ0v) is 13.6. The van der Waals surface area contributed by atoms with Crippen LogP contribution in [0.2, 0.25) is 0 Å². The molecular formula is C19H14N2O5. The molecule has 0 bridgehead atoms. The van der Waals surface area contributed by atoms with Gasteiger partial charge in [0.1, 0.15) is 0 Å². The highest BCUT2D eigenvalue weighted by Gasteiger charge is 2.42. The van der Waals surface area contributed by atoms with Crippen LogP contribution in [-0.4, -0.2) is 35.3 Å². The third-order valence-electron chi connectivity index (χ3n) is 4.46. The van der Waals surface area contributed by atoms with Crippen LogP contribution in [0.3, 0.4) is 0 Å². The molecule has 2 aliphatic heterocycles. The minimum Gasteiger partial charge on any atom is -0.329 e. The Labute approximate surface area is 148 Å². The standard InChI is InChI=1S/C19H14N2O5/c22-16-10-12(11-20(16)13-6-2-1-3-7-13)19(25)26-21-17(23)14-8-4-5-9-15(14)18(21)24/h1-9,12H,10-11H2. The summed E-state index contributed by atoms with van der Waals surface area (Å²) in [5.74, 6) is -3.08. The summed E-state index contributed by atoms with van der Waals surface area (Å²) in [7, 11) is 0. The number of amides is 3. The van der Waals surface area contributed by atoms with E-state index in [-0.39, 0.29) is 30.0 Å². The summed E-state index contributed by atoms with van der Waals surface area (Å²) in [4.78, 5) is 55.7. The molecule has 2 aromatic carbocycles. The fourth-order valence-corrected chi connectivity index (χ4v) is 3.14. The first-order chi connectivity index (χ1) is 12.6. The second kappa shape index (κ2) is 6.11. The average Bonchev–Trinajstić information content (AvgIpc) is 3.17. The minimum atomic E-state index is -0.772. The summed E-state index contributed by atoms with van der Waals surface area (Å²) in [6.07, 6.45) is -0.0309. The van der Waals surface area contributed by atoms with Crippen molar-refractivity contribution in [3.8, 4) is 0 Å². The zero-order valence-electron chi connectivity index (χ0n) is 13.6. The maximum absolute atomic E-state index is 12.4. The van der Waals surface area contributed by atoms with E-state index in [1.165, 1.54) is 17.0 Å². The van der Waals surface area contributed by atoms with Gasteiger partial charge < -0.3 is 9.74 Å². The van der Waals surface area contributed by atoms with Crippen LogP contribution in [0.5, 0.6) is 0 Å². The van der Waals surface area contributed by atoms with Crippen molar-refractivity contribution in [3.63, 3.8) is 0 Å². The fraction of sp³-hybridized carbons (Fsp3) is 0.158. The van der Waals surface area contributed by atoms with Gasteiger partial charge in [0.05, 0.1) is 17.0 Å². The Kier molecular flexibility index (Phi) is 3.76. The molecule has 0 saturated carbocycles. The predicted octanol–water partition coefficient (Wildman–Crippen LogP) is 1.79. The molecule has 0 N–H and O–H groups in total. The van der Waals surface area contributed by atoms with Gasteiger partial charge in [-0.2, -0.15) is 0 Å². The second-order valence-electron chi connectivity index (χ2n) is 6.10. The molecule has 0 aliphatic carbocycles. The number of nitrogens with zero attached hydrogens (tertiary/aromatic N) is 2. The third kappa shape index (κ3) is 2.54. The van der Waals surface area contributed by atoms with Gasteiger partial charge in [0.15, 0.2) is 0 Å². The maximum Gasteiger partial charge on any atom is 0.338 e. The van der Waals surface area contributed by atoms with Crippen molar-refractivity contribution in [2.24, 2.45) is 5.92 Å². The Balaban J connectivity index is 1.48. The molecule has 4 rings (SSSR count). The molecule has 1 saturated heterocycles. The molecule has 0 spiro atoms. The molecule has 2 heterocycles. The van der Waals surface area contributed by atoms with Crippen LogP contribution >= 0.6 is 0 Å². The van der Waals surface area contributed by atoms with Gasteiger partial charge in [-0.25, -0.2) is 4.79 Å². The molecule has 1 fully saturated rings. The number of carbonyl (C=O) groups is 4. The Morgan fingerprint density at radius 2 is 1.46 bits per heavy atom. The van der Waals surface area contributed by atoms with Gasteiger partial charge in [-0.05, 0) is 24.3 Å². The molecule has 26 heavy (non-hydrogen) atoms. The normalized spacial score (nSPS) is 19.1. The van der Waals surface area contributed by atoms with Crippen LogP contribution in [0.1, 0.15) is 27.1 Å². The van der Waals surface area contributed by atoms with Crippen LogP contribution in [0.4, 0.5) is 5.69 Å². The number of hydrogen-bond acceptors (Lipinski definition) is 5. The molecule has 2 aromatic rings. The Morgan fingerprint density at radius 1 is 0.885 bits per heavy atom. The van der Waals surface area contributed by atoms with Crippen molar-refractivity contribution in [3.05, 3.63) is 65.7 Å². The number of hydrogen-bond donors (Lipinski definition) is 0. The second-order valence-corrected chi connectivity index (χ2v) is 6.10. The molecule has 7 nitrogen and oxygen atoms in total. The number of anilines is 1. The highest BCUT2D eigenvalue weighted by Crippen LogP contribution is 2.28. The van der Waals surface area contributed by atoms with E-state index in [0.29, 0.717) is 10.8 Å². The lowest BCUT2D eigenvalue weighted by atomic mass is 10.1. The monoisotopic (exact) mass is 350 g/mol. The van der Waals surface area contributed by atoms with E-state index in [0.717, 1.165) is 0 Å². The molecule has 7 heteroatoms. The molecule has 1 atom stereocenters. The summed E-state index contributed by atoms with van der Waals surface area (Å²) in [6, 6.07) is 15.2. The Morgan fingerprint density at radius 3 is 2.08 bits per heavy atom. The summed E-state index contributed by atoms with van der Waals surface area (Å²) in [6.45, 7) is 0.144. The van der Waals surface area contributed by atoms with Crippen molar-refractivity contribution in [2.45, 2.75) is 6.42 Å². The van der Waals surface area contributed by atoms with E-state index >= 15 is 0 Å². The minimum absolute atomic E-state index is 0.0309. The van der Waals surface area contributed by atoms with Crippen LogP contribution in [0.15, 0.2) is 54.6 Å². The Bertz CT molecular complexity index is 890. The number of hydroxylamine groups is 2. The van der Waals surface area contributed by atoms with Crippen LogP contribution in [0.25, 0.3) is 0 Å². The van der Waals surface area contributed by atoms with Gasteiger partial charge in [-0.3, -0.25) is 14.4 Å². The number of para-hydroxylation sites is 1. The van der Waals surface area contributed by atoms with E-state index in [9.17, 15) is 19.2 Å². The van der Waals surface area contributed by atoms with Crippen molar-refractivity contribution in [2.75, 3.05) is 11.4 Å². The molecular weight excluding hydrogens is 336 g/mol. The smallest absolute Gasteiger partial charge is 0.329 e. The van der Waals surface area contributed by atoms with Crippen molar-refractivity contribution >= 4 is 29.4 Å². The van der Waals surface area contributed by atoms with Gasteiger partial charge in [0, 0.05) is 18.7 Å². The summed E-state index contributed by atoms with van der Waals surface area (Å²) in [5, 5.41) is 0.475. The number of imide groups is 1. The van der Waals surface area contributed by atoms with Crippen LogP contribution < -0.4 is 4.90 Å². The zero-order chi connectivity index (χ0) is 18.3. The van der Waals surface area contributed by atoms with Gasteiger partial charge in [0.25, 0.3) is 11.8 Å². The third-order valence-corrected chi connectivity index (χ3v) is 4.46. The van der Waals surface area contributed by atoms with E-state index in [2.05, 4.69) is 0 Å². The number of carbonyl (C=O) groups excluding carboxylic acids is 4. The highest BCUT2D eigenvalue weighted by atomic mass is 16.7. The number of rotatable bonds is 3. The lowest BCUT2D eigenvalue weighted by Gasteiger charge is -2.17. The summed E-state index contributed by atoms with van der Waals surface area (Å²) < 4.78 is 0. The van der Waals surface area contributed by atoms with Crippen molar-refractivity contribution in [1.82, 2.24) is 5.06 Å². The molecule has 2 aliphatic rings. The SMILES string of the molecule is O=C(ON1C(=O)c2ccccc2C1=O)C1CC(=O)N(c2ccccc2)C1. The number of fused-ring (bicyclic) bond motifs is 1. The van der Waals surface area contributed by atoms with Gasteiger partial charge in [-0.1, -0.05) is 35.4 Å². The lowest BCUT2D eigenvalue weighted by molar-refractivity contribution is -0.173. The van der Waals surface area contributed by atoms with Crippen molar-refractivity contribution < 1.29 is 24.0 Å². The first kappa shape index (κ1) is 16.0. The molecule has 3 amide bonds. The molecule has 1 unspecified atom stereocenters. The quantitative estimate of drug-likeness (QED) is 0.788. The van der Waals surface area contributed by atoms with E-state index in [1.807, 2.05) is 6.07 Å². The fourth-order valence-electron chi connectivity index (χ4n) is 3.14. The molecule has 130 valence electrons. The first-order valence-corrected chi connectivity index (χ1v) is 8.11. The van der Waals surface area contributed by atoms with E-state index in [1.54, 1.807) is 36.4 Å². The average molecular weight is 350 g/mol. The van der Waals surface area contributed by atoms with E-state index < -0.39 is 23.7 Å². The number of benzene rings is 2. The first-order valence-electron chi connectivity index (χ1n) is 8.11. The van der Waals surface area contributed by atoms with Gasteiger partial charge >= 0.3 is 5.97 Å². The lowest BCUT2D eigenvalue weighted by Crippen LogP contribution is -2.36. The summed E-state index contributed by atoms with van der Waals surface area (Å²) >= 11 is 0. The molecule has 0 radical (unpaired) electrons. The van der Waals surface area contributed by atoms with Crippen LogP contribution in [-0.2, 0) is 14.4 Å². The predicted molar refractivity (Wildman–Crippen MR) is 89.9 cm³/mol. The highest BCUT2D eigenvalue weighted by molar-refractivity contribution is 6.21. The van der Waals surface area contributed by atoms with Gasteiger partial charge in [-0.15, -0.1) is 0 Å². The molecule has 0 aromatic heterocycles.